The largest absolute Gasteiger partial charge is 0.483 e. The summed E-state index contributed by atoms with van der Waals surface area (Å²) in [5.74, 6) is -0.556. The van der Waals surface area contributed by atoms with E-state index in [-0.39, 0.29) is 17.5 Å². The van der Waals surface area contributed by atoms with Crippen molar-refractivity contribution in [3.63, 3.8) is 0 Å². The van der Waals surface area contributed by atoms with Crippen LogP contribution in [0, 0.1) is 15.9 Å². The molecule has 0 aromatic heterocycles. The van der Waals surface area contributed by atoms with Crippen LogP contribution < -0.4 is 4.74 Å². The van der Waals surface area contributed by atoms with Crippen molar-refractivity contribution in [2.75, 3.05) is 13.2 Å². The van der Waals surface area contributed by atoms with Crippen molar-refractivity contribution >= 4 is 5.69 Å². The summed E-state index contributed by atoms with van der Waals surface area (Å²) < 4.78 is 23.7. The average molecular weight is 241 g/mol. The Hall–Kier alpha value is -1.69. The van der Waals surface area contributed by atoms with Crippen LogP contribution in [0.1, 0.15) is 12.8 Å². The fraction of sp³-hybridized carbons (Fsp3) is 0.455. The number of benzene rings is 1. The second-order valence-electron chi connectivity index (χ2n) is 3.80. The molecule has 0 atom stereocenters. The van der Waals surface area contributed by atoms with E-state index in [1.165, 1.54) is 0 Å². The van der Waals surface area contributed by atoms with E-state index in [2.05, 4.69) is 0 Å². The molecule has 0 saturated carbocycles. The summed E-state index contributed by atoms with van der Waals surface area (Å²) >= 11 is 0. The van der Waals surface area contributed by atoms with Crippen molar-refractivity contribution in [1.29, 1.82) is 0 Å². The smallest absolute Gasteiger partial charge is 0.311 e. The molecular formula is C11H12FNO4. The van der Waals surface area contributed by atoms with E-state index >= 15 is 0 Å². The van der Waals surface area contributed by atoms with Gasteiger partial charge in [0.15, 0.2) is 5.75 Å². The SMILES string of the molecule is O=[N+]([O-])c1ccc(F)cc1OC1CCOCC1. The van der Waals surface area contributed by atoms with E-state index in [0.717, 1.165) is 18.2 Å². The van der Waals surface area contributed by atoms with Gasteiger partial charge in [-0.15, -0.1) is 0 Å². The predicted octanol–water partition coefficient (Wildman–Crippen LogP) is 2.29. The Kier molecular flexibility index (Phi) is 3.53. The molecule has 2 rings (SSSR count). The van der Waals surface area contributed by atoms with Gasteiger partial charge in [0.2, 0.25) is 0 Å². The lowest BCUT2D eigenvalue weighted by Gasteiger charge is -2.23. The topological polar surface area (TPSA) is 61.6 Å². The van der Waals surface area contributed by atoms with E-state index in [4.69, 9.17) is 9.47 Å². The highest BCUT2D eigenvalue weighted by molar-refractivity contribution is 5.46. The molecule has 1 aromatic carbocycles. The van der Waals surface area contributed by atoms with Gasteiger partial charge in [-0.05, 0) is 6.07 Å². The molecular weight excluding hydrogens is 229 g/mol. The summed E-state index contributed by atoms with van der Waals surface area (Å²) in [6, 6.07) is 3.21. The summed E-state index contributed by atoms with van der Waals surface area (Å²) in [6.45, 7) is 1.13. The zero-order valence-corrected chi connectivity index (χ0v) is 9.10. The number of hydrogen-bond donors (Lipinski definition) is 0. The van der Waals surface area contributed by atoms with Crippen LogP contribution in [0.25, 0.3) is 0 Å². The summed E-state index contributed by atoms with van der Waals surface area (Å²) in [5.41, 5.74) is -0.210. The standard InChI is InChI=1S/C11H12FNO4/c12-8-1-2-10(13(14)15)11(7-8)17-9-3-5-16-6-4-9/h1-2,7,9H,3-6H2. The number of rotatable bonds is 3. The molecule has 5 nitrogen and oxygen atoms in total. The van der Waals surface area contributed by atoms with E-state index in [9.17, 15) is 14.5 Å². The Labute approximate surface area is 97.3 Å². The van der Waals surface area contributed by atoms with Gasteiger partial charge in [-0.25, -0.2) is 4.39 Å². The minimum atomic E-state index is -0.575. The molecule has 0 radical (unpaired) electrons. The zero-order valence-electron chi connectivity index (χ0n) is 9.10. The number of nitro benzene ring substituents is 1. The maximum atomic E-state index is 13.0. The Morgan fingerprint density at radius 1 is 1.41 bits per heavy atom. The van der Waals surface area contributed by atoms with Crippen molar-refractivity contribution in [3.8, 4) is 5.75 Å². The van der Waals surface area contributed by atoms with Crippen LogP contribution in [0.15, 0.2) is 18.2 Å². The van der Waals surface area contributed by atoms with Crippen molar-refractivity contribution in [3.05, 3.63) is 34.1 Å². The third-order valence-electron chi connectivity index (χ3n) is 2.58. The molecule has 92 valence electrons. The van der Waals surface area contributed by atoms with Crippen LogP contribution in [0.5, 0.6) is 5.75 Å². The predicted molar refractivity (Wildman–Crippen MR) is 57.5 cm³/mol. The van der Waals surface area contributed by atoms with Crippen molar-refractivity contribution in [2.45, 2.75) is 18.9 Å². The summed E-state index contributed by atoms with van der Waals surface area (Å²) in [6.07, 6.45) is 1.17. The molecule has 1 aromatic rings. The molecule has 0 aliphatic carbocycles. The first-order valence-electron chi connectivity index (χ1n) is 5.35. The highest BCUT2D eigenvalue weighted by Crippen LogP contribution is 2.29. The molecule has 1 aliphatic heterocycles. The quantitative estimate of drug-likeness (QED) is 0.601. The first kappa shape index (κ1) is 11.8. The number of nitro groups is 1. The maximum Gasteiger partial charge on any atom is 0.311 e. The van der Waals surface area contributed by atoms with Gasteiger partial charge in [0, 0.05) is 25.0 Å². The first-order chi connectivity index (χ1) is 8.16. The van der Waals surface area contributed by atoms with E-state index in [0.29, 0.717) is 26.1 Å². The highest BCUT2D eigenvalue weighted by Gasteiger charge is 2.21. The Balaban J connectivity index is 2.17. The number of hydrogen-bond acceptors (Lipinski definition) is 4. The van der Waals surface area contributed by atoms with E-state index in [1.807, 2.05) is 0 Å². The lowest BCUT2D eigenvalue weighted by atomic mass is 10.1. The fourth-order valence-corrected chi connectivity index (χ4v) is 1.71. The zero-order chi connectivity index (χ0) is 12.3. The van der Waals surface area contributed by atoms with Gasteiger partial charge in [0.1, 0.15) is 11.9 Å². The third kappa shape index (κ3) is 2.91. The Morgan fingerprint density at radius 3 is 2.76 bits per heavy atom. The molecule has 0 unspecified atom stereocenters. The molecule has 0 spiro atoms. The molecule has 1 heterocycles. The molecule has 6 heteroatoms. The van der Waals surface area contributed by atoms with Crippen LogP contribution in [0.3, 0.4) is 0 Å². The fourth-order valence-electron chi connectivity index (χ4n) is 1.71. The van der Waals surface area contributed by atoms with Crippen LogP contribution in [-0.2, 0) is 4.74 Å². The van der Waals surface area contributed by atoms with Gasteiger partial charge in [-0.3, -0.25) is 10.1 Å². The van der Waals surface area contributed by atoms with Crippen LogP contribution in [0.2, 0.25) is 0 Å². The van der Waals surface area contributed by atoms with Gasteiger partial charge in [0.25, 0.3) is 0 Å². The minimum Gasteiger partial charge on any atom is -0.483 e. The van der Waals surface area contributed by atoms with E-state index in [1.54, 1.807) is 0 Å². The second kappa shape index (κ2) is 5.09. The summed E-state index contributed by atoms with van der Waals surface area (Å²) in [7, 11) is 0. The molecule has 0 amide bonds. The number of ether oxygens (including phenoxy) is 2. The van der Waals surface area contributed by atoms with Crippen molar-refractivity contribution in [2.24, 2.45) is 0 Å². The molecule has 1 fully saturated rings. The first-order valence-corrected chi connectivity index (χ1v) is 5.35. The summed E-state index contributed by atoms with van der Waals surface area (Å²) in [5, 5.41) is 10.8. The van der Waals surface area contributed by atoms with Gasteiger partial charge in [-0.2, -0.15) is 0 Å². The maximum absolute atomic E-state index is 13.0. The molecule has 0 bridgehead atoms. The minimum absolute atomic E-state index is 0.0121. The Morgan fingerprint density at radius 2 is 2.12 bits per heavy atom. The van der Waals surface area contributed by atoms with Crippen LogP contribution in [0.4, 0.5) is 10.1 Å². The van der Waals surface area contributed by atoms with Crippen molar-refractivity contribution in [1.82, 2.24) is 0 Å². The number of nitrogens with zero attached hydrogens (tertiary/aromatic N) is 1. The van der Waals surface area contributed by atoms with Gasteiger partial charge in [0.05, 0.1) is 18.1 Å². The van der Waals surface area contributed by atoms with Gasteiger partial charge < -0.3 is 9.47 Å². The molecule has 17 heavy (non-hydrogen) atoms. The monoisotopic (exact) mass is 241 g/mol. The molecule has 1 aliphatic rings. The number of halogens is 1. The third-order valence-corrected chi connectivity index (χ3v) is 2.58. The lowest BCUT2D eigenvalue weighted by molar-refractivity contribution is -0.386. The molecule has 1 saturated heterocycles. The van der Waals surface area contributed by atoms with Gasteiger partial charge >= 0.3 is 5.69 Å². The highest BCUT2D eigenvalue weighted by atomic mass is 19.1. The van der Waals surface area contributed by atoms with Crippen LogP contribution in [-0.4, -0.2) is 24.2 Å². The molecule has 0 N–H and O–H groups in total. The lowest BCUT2D eigenvalue weighted by Crippen LogP contribution is -2.26. The van der Waals surface area contributed by atoms with Crippen LogP contribution >= 0.6 is 0 Å². The Bertz CT molecular complexity index is 418. The average Bonchev–Trinajstić information content (AvgIpc) is 2.30. The van der Waals surface area contributed by atoms with Crippen molar-refractivity contribution < 1.29 is 18.8 Å². The van der Waals surface area contributed by atoms with Gasteiger partial charge in [-0.1, -0.05) is 0 Å². The van der Waals surface area contributed by atoms with E-state index < -0.39 is 10.7 Å². The second-order valence-corrected chi connectivity index (χ2v) is 3.80. The summed E-state index contributed by atoms with van der Waals surface area (Å²) in [4.78, 5) is 10.2. The normalized spacial score (nSPS) is 16.8.